The fourth-order valence-electron chi connectivity index (χ4n) is 1.22. The van der Waals surface area contributed by atoms with Crippen LogP contribution >= 0.6 is 11.6 Å². The Labute approximate surface area is 110 Å². The number of hydrogen-bond donors (Lipinski definition) is 1. The van der Waals surface area contributed by atoms with E-state index >= 15 is 0 Å². The van der Waals surface area contributed by atoms with Crippen LogP contribution < -0.4 is 5.32 Å². The second-order valence-electron chi connectivity index (χ2n) is 4.65. The van der Waals surface area contributed by atoms with Crippen molar-refractivity contribution in [3.8, 4) is 0 Å². The highest BCUT2D eigenvalue weighted by Gasteiger charge is 2.31. The van der Waals surface area contributed by atoms with Gasteiger partial charge in [0.1, 0.15) is 5.82 Å². The van der Waals surface area contributed by atoms with Gasteiger partial charge in [0.25, 0.3) is 0 Å². The standard InChI is InChI=1S/C12H16ClF3N2/c1-7(2)8(3)5-17-11-10(13)4-9(6-18-11)12(14,15)16/h4,6-8H,5H2,1-3H3,(H,17,18). The van der Waals surface area contributed by atoms with Crippen LogP contribution in [0.15, 0.2) is 12.3 Å². The van der Waals surface area contributed by atoms with Gasteiger partial charge in [0.2, 0.25) is 0 Å². The van der Waals surface area contributed by atoms with E-state index in [-0.39, 0.29) is 10.8 Å². The van der Waals surface area contributed by atoms with E-state index in [0.29, 0.717) is 18.4 Å². The Balaban J connectivity index is 2.75. The summed E-state index contributed by atoms with van der Waals surface area (Å²) < 4.78 is 37.2. The first-order valence-corrected chi connectivity index (χ1v) is 6.06. The molecule has 6 heteroatoms. The van der Waals surface area contributed by atoms with Crippen molar-refractivity contribution in [2.45, 2.75) is 26.9 Å². The van der Waals surface area contributed by atoms with E-state index in [2.05, 4.69) is 31.1 Å². The molecular formula is C12H16ClF3N2. The Hall–Kier alpha value is -0.970. The highest BCUT2D eigenvalue weighted by molar-refractivity contribution is 6.32. The first-order valence-electron chi connectivity index (χ1n) is 5.68. The lowest BCUT2D eigenvalue weighted by Gasteiger charge is -2.17. The topological polar surface area (TPSA) is 24.9 Å². The van der Waals surface area contributed by atoms with Crippen LogP contribution in [0.1, 0.15) is 26.3 Å². The third-order valence-electron chi connectivity index (χ3n) is 2.90. The van der Waals surface area contributed by atoms with Crippen molar-refractivity contribution in [1.29, 1.82) is 0 Å². The van der Waals surface area contributed by atoms with Gasteiger partial charge in [0, 0.05) is 12.7 Å². The number of alkyl halides is 3. The lowest BCUT2D eigenvalue weighted by molar-refractivity contribution is -0.137. The summed E-state index contributed by atoms with van der Waals surface area (Å²) in [4.78, 5) is 3.71. The monoisotopic (exact) mass is 280 g/mol. The van der Waals surface area contributed by atoms with Gasteiger partial charge in [0.05, 0.1) is 10.6 Å². The van der Waals surface area contributed by atoms with Crippen molar-refractivity contribution in [3.05, 3.63) is 22.8 Å². The number of rotatable bonds is 4. The van der Waals surface area contributed by atoms with E-state index in [9.17, 15) is 13.2 Å². The Morgan fingerprint density at radius 3 is 2.39 bits per heavy atom. The largest absolute Gasteiger partial charge is 0.417 e. The molecule has 0 aliphatic heterocycles. The molecule has 1 atom stereocenters. The van der Waals surface area contributed by atoms with Crippen molar-refractivity contribution in [3.63, 3.8) is 0 Å². The maximum absolute atomic E-state index is 12.4. The van der Waals surface area contributed by atoms with Crippen LogP contribution in [0.3, 0.4) is 0 Å². The summed E-state index contributed by atoms with van der Waals surface area (Å²) in [5, 5.41) is 2.95. The Kier molecular flexibility index (Phi) is 4.85. The molecule has 1 aromatic heterocycles. The zero-order chi connectivity index (χ0) is 13.9. The first kappa shape index (κ1) is 15.1. The van der Waals surface area contributed by atoms with E-state index in [1.54, 1.807) is 0 Å². The van der Waals surface area contributed by atoms with Gasteiger partial charge in [-0.3, -0.25) is 0 Å². The number of anilines is 1. The number of pyridine rings is 1. The van der Waals surface area contributed by atoms with Gasteiger partial charge in [0.15, 0.2) is 0 Å². The molecule has 2 nitrogen and oxygen atoms in total. The van der Waals surface area contributed by atoms with Gasteiger partial charge in [-0.25, -0.2) is 4.98 Å². The molecule has 1 heterocycles. The first-order chi connectivity index (χ1) is 8.21. The lowest BCUT2D eigenvalue weighted by atomic mass is 9.98. The molecule has 0 spiro atoms. The molecule has 0 amide bonds. The van der Waals surface area contributed by atoms with Crippen LogP contribution in [0.25, 0.3) is 0 Å². The van der Waals surface area contributed by atoms with Crippen LogP contribution in [0, 0.1) is 11.8 Å². The predicted molar refractivity (Wildman–Crippen MR) is 66.7 cm³/mol. The Morgan fingerprint density at radius 2 is 1.94 bits per heavy atom. The van der Waals surface area contributed by atoms with Gasteiger partial charge >= 0.3 is 6.18 Å². The van der Waals surface area contributed by atoms with Crippen LogP contribution in [0.2, 0.25) is 5.02 Å². The highest BCUT2D eigenvalue weighted by Crippen LogP contribution is 2.32. The minimum Gasteiger partial charge on any atom is -0.369 e. The Morgan fingerprint density at radius 1 is 1.33 bits per heavy atom. The molecule has 1 N–H and O–H groups in total. The molecule has 0 radical (unpaired) electrons. The average Bonchev–Trinajstić information content (AvgIpc) is 2.25. The fourth-order valence-corrected chi connectivity index (χ4v) is 1.45. The van der Waals surface area contributed by atoms with Crippen molar-refractivity contribution in [1.82, 2.24) is 4.98 Å². The molecule has 0 bridgehead atoms. The number of hydrogen-bond acceptors (Lipinski definition) is 2. The number of nitrogens with one attached hydrogen (secondary N) is 1. The van der Waals surface area contributed by atoms with E-state index in [1.807, 2.05) is 0 Å². The molecule has 0 aliphatic rings. The van der Waals surface area contributed by atoms with Crippen molar-refractivity contribution < 1.29 is 13.2 Å². The molecule has 1 rings (SSSR count). The van der Waals surface area contributed by atoms with E-state index in [4.69, 9.17) is 11.6 Å². The summed E-state index contributed by atoms with van der Waals surface area (Å²) in [7, 11) is 0. The van der Waals surface area contributed by atoms with Crippen LogP contribution in [-0.4, -0.2) is 11.5 Å². The maximum atomic E-state index is 12.4. The van der Waals surface area contributed by atoms with Crippen molar-refractivity contribution >= 4 is 17.4 Å². The van der Waals surface area contributed by atoms with E-state index in [0.717, 1.165) is 12.3 Å². The SMILES string of the molecule is CC(C)C(C)CNc1ncc(C(F)(F)F)cc1Cl. The molecular weight excluding hydrogens is 265 g/mol. The number of aromatic nitrogens is 1. The third-order valence-corrected chi connectivity index (χ3v) is 3.19. The molecule has 0 saturated heterocycles. The summed E-state index contributed by atoms with van der Waals surface area (Å²) >= 11 is 5.77. The average molecular weight is 281 g/mol. The van der Waals surface area contributed by atoms with Gasteiger partial charge in [-0.05, 0) is 17.9 Å². The summed E-state index contributed by atoms with van der Waals surface area (Å²) in [6, 6.07) is 0.886. The second kappa shape index (κ2) is 5.78. The quantitative estimate of drug-likeness (QED) is 0.881. The van der Waals surface area contributed by atoms with Gasteiger partial charge in [-0.1, -0.05) is 32.4 Å². The molecule has 1 unspecified atom stereocenters. The molecule has 0 saturated carbocycles. The molecule has 18 heavy (non-hydrogen) atoms. The summed E-state index contributed by atoms with van der Waals surface area (Å²) in [5.41, 5.74) is -0.838. The summed E-state index contributed by atoms with van der Waals surface area (Å²) in [6.45, 7) is 6.83. The molecule has 1 aromatic rings. The minimum absolute atomic E-state index is 0.0132. The molecule has 0 aliphatic carbocycles. The van der Waals surface area contributed by atoms with E-state index in [1.165, 1.54) is 0 Å². The lowest BCUT2D eigenvalue weighted by Crippen LogP contribution is -2.17. The number of halogens is 4. The van der Waals surface area contributed by atoms with Crippen LogP contribution in [0.5, 0.6) is 0 Å². The van der Waals surface area contributed by atoms with Crippen LogP contribution in [-0.2, 0) is 6.18 Å². The second-order valence-corrected chi connectivity index (χ2v) is 5.06. The zero-order valence-corrected chi connectivity index (χ0v) is 11.2. The predicted octanol–water partition coefficient (Wildman–Crippen LogP) is 4.46. The summed E-state index contributed by atoms with van der Waals surface area (Å²) in [6.07, 6.45) is -3.63. The van der Waals surface area contributed by atoms with Gasteiger partial charge in [-0.15, -0.1) is 0 Å². The van der Waals surface area contributed by atoms with Crippen LogP contribution in [0.4, 0.5) is 19.0 Å². The van der Waals surface area contributed by atoms with E-state index < -0.39 is 11.7 Å². The molecule has 0 aromatic carbocycles. The van der Waals surface area contributed by atoms with Crippen molar-refractivity contribution in [2.24, 2.45) is 11.8 Å². The fraction of sp³-hybridized carbons (Fsp3) is 0.583. The third kappa shape index (κ3) is 4.05. The zero-order valence-electron chi connectivity index (χ0n) is 10.5. The molecule has 102 valence electrons. The Bertz CT molecular complexity index is 405. The minimum atomic E-state index is -4.42. The summed E-state index contributed by atoms with van der Waals surface area (Å²) in [5.74, 6) is 1.15. The highest BCUT2D eigenvalue weighted by atomic mass is 35.5. The number of nitrogens with zero attached hydrogens (tertiary/aromatic N) is 1. The maximum Gasteiger partial charge on any atom is 0.417 e. The normalized spacial score (nSPS) is 13.8. The van der Waals surface area contributed by atoms with Gasteiger partial charge < -0.3 is 5.32 Å². The van der Waals surface area contributed by atoms with Gasteiger partial charge in [-0.2, -0.15) is 13.2 Å². The smallest absolute Gasteiger partial charge is 0.369 e. The van der Waals surface area contributed by atoms with Crippen molar-refractivity contribution in [2.75, 3.05) is 11.9 Å². The molecule has 0 fully saturated rings.